The topological polar surface area (TPSA) is 97.2 Å². The Balaban J connectivity index is 1.62. The molecule has 1 aromatic carbocycles. The van der Waals surface area contributed by atoms with Crippen molar-refractivity contribution >= 4 is 27.7 Å². The van der Waals surface area contributed by atoms with E-state index in [0.717, 1.165) is 10.2 Å². The van der Waals surface area contributed by atoms with E-state index in [1.54, 1.807) is 29.8 Å². The van der Waals surface area contributed by atoms with E-state index in [9.17, 15) is 9.59 Å². The Morgan fingerprint density at radius 1 is 1.21 bits per heavy atom. The maximum atomic E-state index is 11.7. The van der Waals surface area contributed by atoms with Crippen molar-refractivity contribution in [2.24, 2.45) is 0 Å². The van der Waals surface area contributed by atoms with E-state index in [1.807, 2.05) is 25.1 Å². The van der Waals surface area contributed by atoms with Crippen LogP contribution >= 0.6 is 15.9 Å². The van der Waals surface area contributed by atoms with Crippen LogP contribution in [0.1, 0.15) is 18.7 Å². The van der Waals surface area contributed by atoms with E-state index in [1.165, 1.54) is 0 Å². The summed E-state index contributed by atoms with van der Waals surface area (Å²) in [4.78, 5) is 23.3. The van der Waals surface area contributed by atoms with E-state index < -0.39 is 5.91 Å². The summed E-state index contributed by atoms with van der Waals surface area (Å²) in [6.45, 7) is 1.90. The lowest BCUT2D eigenvalue weighted by atomic mass is 10.2. The Hall–Kier alpha value is -2.32. The highest BCUT2D eigenvalue weighted by molar-refractivity contribution is 9.10. The summed E-state index contributed by atoms with van der Waals surface area (Å²) >= 11 is 3.31. The van der Waals surface area contributed by atoms with Gasteiger partial charge in [-0.15, -0.1) is 0 Å². The van der Waals surface area contributed by atoms with Crippen LogP contribution in [0.15, 0.2) is 51.6 Å². The number of ether oxygens (including phenoxy) is 1. The maximum absolute atomic E-state index is 11.7. The van der Waals surface area contributed by atoms with Crippen LogP contribution in [0.4, 0.5) is 0 Å². The third-order valence-corrected chi connectivity index (χ3v) is 3.70. The van der Waals surface area contributed by atoms with E-state index in [-0.39, 0.29) is 25.1 Å². The molecule has 0 unspecified atom stereocenters. The monoisotopic (exact) mass is 396 g/mol. The van der Waals surface area contributed by atoms with Crippen molar-refractivity contribution in [1.29, 1.82) is 0 Å². The van der Waals surface area contributed by atoms with E-state index in [0.29, 0.717) is 5.75 Å². The van der Waals surface area contributed by atoms with Crippen molar-refractivity contribution in [3.05, 3.63) is 52.9 Å². The molecular formula is C16H19BrN3O4+. The van der Waals surface area contributed by atoms with Crippen LogP contribution in [0, 0.1) is 0 Å². The fraction of sp³-hybridized carbons (Fsp3) is 0.250. The van der Waals surface area contributed by atoms with Crippen molar-refractivity contribution in [3.8, 4) is 5.75 Å². The number of nitrogens with two attached hydrogens (primary N) is 1. The predicted octanol–water partition coefficient (Wildman–Crippen LogP) is 0.893. The summed E-state index contributed by atoms with van der Waals surface area (Å²) in [6, 6.07) is 10.8. The van der Waals surface area contributed by atoms with Crippen molar-refractivity contribution < 1.29 is 24.1 Å². The predicted molar refractivity (Wildman–Crippen MR) is 89.8 cm³/mol. The molecule has 1 heterocycles. The molecule has 1 aromatic heterocycles. The molecule has 0 saturated heterocycles. The number of carbonyl (C=O) groups excluding carboxylic acids is 2. The lowest BCUT2D eigenvalue weighted by molar-refractivity contribution is -0.684. The average molecular weight is 397 g/mol. The van der Waals surface area contributed by atoms with Gasteiger partial charge in [0.1, 0.15) is 11.8 Å². The van der Waals surface area contributed by atoms with Crippen molar-refractivity contribution in [1.82, 2.24) is 10.9 Å². The SMILES string of the molecule is C[C@@H]([NH2+]CC(=O)NNC(=O)COc1ccc(Br)cc1)c1ccco1. The number of benzene rings is 1. The molecule has 4 N–H and O–H groups in total. The highest BCUT2D eigenvalue weighted by Gasteiger charge is 2.14. The van der Waals surface area contributed by atoms with Crippen LogP contribution in [0.2, 0.25) is 0 Å². The molecule has 1 atom stereocenters. The van der Waals surface area contributed by atoms with Gasteiger partial charge in [-0.1, -0.05) is 15.9 Å². The lowest BCUT2D eigenvalue weighted by Gasteiger charge is -2.10. The van der Waals surface area contributed by atoms with Gasteiger partial charge < -0.3 is 14.5 Å². The summed E-state index contributed by atoms with van der Waals surface area (Å²) in [5.74, 6) is 0.603. The van der Waals surface area contributed by atoms with Gasteiger partial charge in [0.25, 0.3) is 11.8 Å². The molecule has 0 saturated carbocycles. The second-order valence-electron chi connectivity index (χ2n) is 5.08. The van der Waals surface area contributed by atoms with Gasteiger partial charge in [-0.25, -0.2) is 0 Å². The molecule has 0 aliphatic heterocycles. The normalized spacial score (nSPS) is 11.6. The van der Waals surface area contributed by atoms with Crippen molar-refractivity contribution in [2.75, 3.05) is 13.2 Å². The van der Waals surface area contributed by atoms with Crippen molar-refractivity contribution in [3.63, 3.8) is 0 Å². The van der Waals surface area contributed by atoms with Crippen LogP contribution in [-0.2, 0) is 9.59 Å². The van der Waals surface area contributed by atoms with Crippen LogP contribution in [-0.4, -0.2) is 25.0 Å². The number of rotatable bonds is 7. The minimum atomic E-state index is -0.439. The zero-order valence-electron chi connectivity index (χ0n) is 13.1. The molecule has 2 rings (SSSR count). The van der Waals surface area contributed by atoms with E-state index in [2.05, 4.69) is 26.8 Å². The number of halogens is 1. The molecular weight excluding hydrogens is 378 g/mol. The third-order valence-electron chi connectivity index (χ3n) is 3.17. The number of quaternary nitrogens is 1. The Kier molecular flexibility index (Phi) is 6.83. The number of hydrazine groups is 1. The maximum Gasteiger partial charge on any atom is 0.293 e. The van der Waals surface area contributed by atoms with Crippen LogP contribution in [0.3, 0.4) is 0 Å². The van der Waals surface area contributed by atoms with Gasteiger partial charge >= 0.3 is 0 Å². The second kappa shape index (κ2) is 9.09. The third kappa shape index (κ3) is 6.05. The average Bonchev–Trinajstić information content (AvgIpc) is 3.12. The van der Waals surface area contributed by atoms with Gasteiger partial charge in [0.2, 0.25) is 0 Å². The molecule has 0 spiro atoms. The minimum absolute atomic E-state index is 0.0159. The molecule has 0 aliphatic carbocycles. The van der Waals surface area contributed by atoms with Crippen molar-refractivity contribution in [2.45, 2.75) is 13.0 Å². The summed E-state index contributed by atoms with van der Waals surface area (Å²) in [6.07, 6.45) is 1.59. The van der Waals surface area contributed by atoms with E-state index in [4.69, 9.17) is 9.15 Å². The van der Waals surface area contributed by atoms with Gasteiger partial charge in [-0.2, -0.15) is 0 Å². The summed E-state index contributed by atoms with van der Waals surface area (Å²) in [5, 5.41) is 1.80. The molecule has 0 aliphatic rings. The summed E-state index contributed by atoms with van der Waals surface area (Å²) in [7, 11) is 0. The standard InChI is InChI=1S/C16H18BrN3O4/c1-11(14-3-2-8-23-14)18-9-15(21)19-20-16(22)10-24-13-6-4-12(17)5-7-13/h2-8,11,18H,9-10H2,1H3,(H,19,21)(H,20,22)/p+1/t11-/m1/s1. The van der Waals surface area contributed by atoms with Crippen LogP contribution < -0.4 is 20.9 Å². The first kappa shape index (κ1) is 18.0. The molecule has 128 valence electrons. The molecule has 0 fully saturated rings. The lowest BCUT2D eigenvalue weighted by Crippen LogP contribution is -2.87. The second-order valence-corrected chi connectivity index (χ2v) is 6.00. The molecule has 24 heavy (non-hydrogen) atoms. The number of nitrogens with one attached hydrogen (secondary N) is 2. The van der Waals surface area contributed by atoms with Gasteiger partial charge in [-0.3, -0.25) is 20.4 Å². The minimum Gasteiger partial charge on any atom is -0.484 e. The number of furan rings is 1. The quantitative estimate of drug-likeness (QED) is 0.605. The van der Waals surface area contributed by atoms with Crippen LogP contribution in [0.25, 0.3) is 0 Å². The molecule has 7 nitrogen and oxygen atoms in total. The molecule has 0 bridgehead atoms. The Morgan fingerprint density at radius 3 is 2.58 bits per heavy atom. The first-order valence-corrected chi connectivity index (χ1v) is 8.16. The first-order valence-electron chi connectivity index (χ1n) is 7.37. The summed E-state index contributed by atoms with van der Waals surface area (Å²) in [5.41, 5.74) is 4.65. The van der Waals surface area contributed by atoms with Gasteiger partial charge in [-0.05, 0) is 43.3 Å². The smallest absolute Gasteiger partial charge is 0.293 e. The number of amides is 2. The number of hydrogen-bond acceptors (Lipinski definition) is 4. The van der Waals surface area contributed by atoms with Gasteiger partial charge in [0.15, 0.2) is 18.9 Å². The fourth-order valence-corrected chi connectivity index (χ4v) is 2.12. The van der Waals surface area contributed by atoms with E-state index >= 15 is 0 Å². The molecule has 2 amide bonds. The molecule has 0 radical (unpaired) electrons. The largest absolute Gasteiger partial charge is 0.484 e. The Morgan fingerprint density at radius 2 is 1.92 bits per heavy atom. The Labute approximate surface area is 147 Å². The summed E-state index contributed by atoms with van der Waals surface area (Å²) < 4.78 is 11.5. The highest BCUT2D eigenvalue weighted by Crippen LogP contribution is 2.15. The zero-order chi connectivity index (χ0) is 17.4. The van der Waals surface area contributed by atoms with Gasteiger partial charge in [0.05, 0.1) is 6.26 Å². The number of hydrogen-bond donors (Lipinski definition) is 3. The van der Waals surface area contributed by atoms with Gasteiger partial charge in [0, 0.05) is 4.47 Å². The number of carbonyl (C=O) groups is 2. The molecule has 8 heteroatoms. The van der Waals surface area contributed by atoms with Crippen LogP contribution in [0.5, 0.6) is 5.75 Å². The first-order chi connectivity index (χ1) is 11.5. The Bertz CT molecular complexity index is 658. The highest BCUT2D eigenvalue weighted by atomic mass is 79.9. The fourth-order valence-electron chi connectivity index (χ4n) is 1.86. The zero-order valence-corrected chi connectivity index (χ0v) is 14.7. The molecule has 2 aromatic rings.